The van der Waals surface area contributed by atoms with E-state index in [9.17, 15) is 9.90 Å². The van der Waals surface area contributed by atoms with E-state index in [0.29, 0.717) is 29.1 Å². The van der Waals surface area contributed by atoms with Crippen LogP contribution in [0, 0.1) is 46.3 Å². The van der Waals surface area contributed by atoms with E-state index in [1.807, 2.05) is 13.8 Å². The summed E-state index contributed by atoms with van der Waals surface area (Å²) in [6.07, 6.45) is 12.7. The maximum absolute atomic E-state index is 11.9. The maximum Gasteiger partial charge on any atom is 0.305 e. The van der Waals surface area contributed by atoms with Crippen LogP contribution in [0.2, 0.25) is 0 Å². The number of hydrogen-bond donors (Lipinski definition) is 2. The molecule has 0 amide bonds. The Morgan fingerprint density at radius 2 is 1.66 bits per heavy atom. The minimum Gasteiger partial charge on any atom is -0.463 e. The largest absolute Gasteiger partial charge is 0.463 e. The zero-order chi connectivity index (χ0) is 25.6. The van der Waals surface area contributed by atoms with Crippen molar-refractivity contribution < 1.29 is 24.5 Å². The summed E-state index contributed by atoms with van der Waals surface area (Å²) in [5, 5.41) is 19.1. The van der Waals surface area contributed by atoms with E-state index in [4.69, 9.17) is 14.6 Å². The topological polar surface area (TPSA) is 76.0 Å². The van der Waals surface area contributed by atoms with E-state index in [0.717, 1.165) is 56.1 Å². The van der Waals surface area contributed by atoms with Gasteiger partial charge in [-0.1, -0.05) is 20.8 Å². The number of rotatable bonds is 8. The van der Waals surface area contributed by atoms with Crippen molar-refractivity contribution in [3.8, 4) is 0 Å². The summed E-state index contributed by atoms with van der Waals surface area (Å²) in [4.78, 5) is 11.9. The van der Waals surface area contributed by atoms with E-state index in [2.05, 4.69) is 20.8 Å². The Morgan fingerprint density at radius 1 is 0.971 bits per heavy atom. The van der Waals surface area contributed by atoms with Gasteiger partial charge in [0.2, 0.25) is 0 Å². The Bertz CT molecular complexity index is 665. The van der Waals surface area contributed by atoms with Gasteiger partial charge in [-0.05, 0) is 124 Å². The minimum absolute atomic E-state index is 0.0609. The molecule has 35 heavy (non-hydrogen) atoms. The molecule has 0 spiro atoms. The first-order chi connectivity index (χ1) is 16.7. The molecular weight excluding hydrogens is 440 g/mol. The molecule has 0 radical (unpaired) electrons. The normalized spacial score (nSPS) is 41.0. The fraction of sp³-hybridized carbons (Fsp3) is 0.967. The summed E-state index contributed by atoms with van der Waals surface area (Å²) in [5.74, 6) is 4.40. The summed E-state index contributed by atoms with van der Waals surface area (Å²) < 4.78 is 9.90. The van der Waals surface area contributed by atoms with Gasteiger partial charge in [-0.2, -0.15) is 0 Å². The first kappa shape index (κ1) is 28.9. The fourth-order valence-corrected chi connectivity index (χ4v) is 9.19. The average Bonchev–Trinajstić information content (AvgIpc) is 3.20. The Hall–Kier alpha value is -0.650. The van der Waals surface area contributed by atoms with Crippen molar-refractivity contribution in [3.05, 3.63) is 0 Å². The lowest BCUT2D eigenvalue weighted by atomic mass is 9.44. The highest BCUT2D eigenvalue weighted by Gasteiger charge is 2.60. The van der Waals surface area contributed by atoms with Crippen LogP contribution in [-0.4, -0.2) is 48.7 Å². The second-order valence-electron chi connectivity index (χ2n) is 12.6. The zero-order valence-electron chi connectivity index (χ0n) is 23.3. The second kappa shape index (κ2) is 12.7. The van der Waals surface area contributed by atoms with Gasteiger partial charge < -0.3 is 19.7 Å². The summed E-state index contributed by atoms with van der Waals surface area (Å²) in [6, 6.07) is 0. The molecular formula is C30H54O5. The van der Waals surface area contributed by atoms with Crippen LogP contribution in [0.3, 0.4) is 0 Å². The number of carbonyl (C=O) groups is 1. The third-order valence-corrected chi connectivity index (χ3v) is 11.0. The molecule has 4 saturated carbocycles. The molecule has 4 fully saturated rings. The molecule has 5 nitrogen and oxygen atoms in total. The van der Waals surface area contributed by atoms with Crippen molar-refractivity contribution in [2.75, 3.05) is 26.4 Å². The van der Waals surface area contributed by atoms with Gasteiger partial charge in [-0.25, -0.2) is 0 Å². The highest BCUT2D eigenvalue weighted by molar-refractivity contribution is 5.69. The molecule has 0 aromatic rings. The molecule has 9 atom stereocenters. The molecule has 0 aromatic heterocycles. The van der Waals surface area contributed by atoms with E-state index in [1.54, 1.807) is 0 Å². The lowest BCUT2D eigenvalue weighted by Crippen LogP contribution is -2.54. The van der Waals surface area contributed by atoms with Crippen molar-refractivity contribution in [3.63, 3.8) is 0 Å². The van der Waals surface area contributed by atoms with Gasteiger partial charge in [0.05, 0.1) is 12.7 Å². The van der Waals surface area contributed by atoms with Gasteiger partial charge in [-0.15, -0.1) is 0 Å². The molecule has 0 aromatic carbocycles. The van der Waals surface area contributed by atoms with Gasteiger partial charge in [0.15, 0.2) is 0 Å². The summed E-state index contributed by atoms with van der Waals surface area (Å²) in [7, 11) is 0. The van der Waals surface area contributed by atoms with Crippen LogP contribution in [0.1, 0.15) is 105 Å². The van der Waals surface area contributed by atoms with Crippen LogP contribution in [-0.2, 0) is 14.3 Å². The molecule has 5 heteroatoms. The maximum atomic E-state index is 11.9. The molecule has 4 aliphatic carbocycles. The van der Waals surface area contributed by atoms with Gasteiger partial charge >= 0.3 is 5.97 Å². The van der Waals surface area contributed by atoms with Crippen molar-refractivity contribution in [1.29, 1.82) is 0 Å². The SMILES string of the molecule is CCOCC.C[C@H](CCC(=O)OCCO)[C@H]1CC[C@H]2[C@@H]3CC[C@@H]4C[C@H](O)CC[C@]4(C)[C@H]3CC[C@]12C. The van der Waals surface area contributed by atoms with Crippen molar-refractivity contribution in [1.82, 2.24) is 0 Å². The lowest BCUT2D eigenvalue weighted by molar-refractivity contribution is -0.145. The minimum atomic E-state index is -0.162. The standard InChI is InChI=1S/C26H44O4.C4H10O/c1-17(4-9-24(29)30-15-14-27)21-7-8-22-20-6-5-18-16-19(28)10-12-25(18,2)23(20)11-13-26(21,22)3;1-3-5-4-2/h17-23,27-28H,4-16H2,1-3H3;3-4H2,1-2H3/t17-,18-,19-,20+,21-,22+,23+,25+,26-;/m1./s1. The Balaban J connectivity index is 0.000000623. The monoisotopic (exact) mass is 494 g/mol. The van der Waals surface area contributed by atoms with Gasteiger partial charge in [0.1, 0.15) is 6.61 Å². The average molecular weight is 495 g/mol. The molecule has 0 bridgehead atoms. The molecule has 0 heterocycles. The molecule has 0 unspecified atom stereocenters. The Labute approximate surface area is 214 Å². The van der Waals surface area contributed by atoms with Crippen molar-refractivity contribution in [2.45, 2.75) is 111 Å². The number of aliphatic hydroxyl groups is 2. The molecule has 2 N–H and O–H groups in total. The first-order valence-electron chi connectivity index (χ1n) is 14.7. The number of hydrogen-bond acceptors (Lipinski definition) is 5. The summed E-state index contributed by atoms with van der Waals surface area (Å²) >= 11 is 0. The number of carbonyl (C=O) groups excluding carboxylic acids is 1. The first-order valence-corrected chi connectivity index (χ1v) is 14.7. The van der Waals surface area contributed by atoms with Gasteiger partial charge in [-0.3, -0.25) is 4.79 Å². The Morgan fingerprint density at radius 3 is 2.31 bits per heavy atom. The summed E-state index contributed by atoms with van der Waals surface area (Å²) in [5.41, 5.74) is 0.872. The highest BCUT2D eigenvalue weighted by atomic mass is 16.5. The molecule has 0 saturated heterocycles. The molecule has 204 valence electrons. The van der Waals surface area contributed by atoms with Crippen LogP contribution < -0.4 is 0 Å². The van der Waals surface area contributed by atoms with E-state index >= 15 is 0 Å². The zero-order valence-corrected chi connectivity index (χ0v) is 23.3. The molecule has 0 aliphatic heterocycles. The lowest BCUT2D eigenvalue weighted by Gasteiger charge is -2.61. The second-order valence-corrected chi connectivity index (χ2v) is 12.6. The number of esters is 1. The molecule has 4 aliphatic rings. The van der Waals surface area contributed by atoms with E-state index in [1.165, 1.54) is 44.9 Å². The van der Waals surface area contributed by atoms with Crippen LogP contribution >= 0.6 is 0 Å². The smallest absolute Gasteiger partial charge is 0.305 e. The fourth-order valence-electron chi connectivity index (χ4n) is 9.19. The third-order valence-electron chi connectivity index (χ3n) is 11.0. The van der Waals surface area contributed by atoms with Gasteiger partial charge in [0.25, 0.3) is 0 Å². The Kier molecular flexibility index (Phi) is 10.5. The number of aliphatic hydroxyl groups excluding tert-OH is 2. The van der Waals surface area contributed by atoms with Crippen LogP contribution in [0.5, 0.6) is 0 Å². The number of fused-ring (bicyclic) bond motifs is 5. The molecule has 4 rings (SSSR count). The number of ether oxygens (including phenoxy) is 2. The third kappa shape index (κ3) is 6.26. The van der Waals surface area contributed by atoms with Crippen molar-refractivity contribution >= 4 is 5.97 Å². The summed E-state index contributed by atoms with van der Waals surface area (Å²) in [6.45, 7) is 13.2. The van der Waals surface area contributed by atoms with Gasteiger partial charge in [0, 0.05) is 19.6 Å². The highest BCUT2D eigenvalue weighted by Crippen LogP contribution is 2.68. The van der Waals surface area contributed by atoms with Crippen LogP contribution in [0.25, 0.3) is 0 Å². The quantitative estimate of drug-likeness (QED) is 0.405. The predicted octanol–water partition coefficient (Wildman–Crippen LogP) is 6.00. The van der Waals surface area contributed by atoms with E-state index in [-0.39, 0.29) is 25.3 Å². The van der Waals surface area contributed by atoms with Crippen LogP contribution in [0.4, 0.5) is 0 Å². The van der Waals surface area contributed by atoms with Crippen molar-refractivity contribution in [2.24, 2.45) is 46.3 Å². The van der Waals surface area contributed by atoms with E-state index < -0.39 is 0 Å². The predicted molar refractivity (Wildman–Crippen MR) is 140 cm³/mol. The van der Waals surface area contributed by atoms with Crippen LogP contribution in [0.15, 0.2) is 0 Å².